The van der Waals surface area contributed by atoms with E-state index in [0.29, 0.717) is 17.1 Å². The SMILES string of the molecule is Cc1cn2ccc(C(=O)NC(C)(C)C3CC3)c2nc1-c1ccc(F)cc1. The highest BCUT2D eigenvalue weighted by Crippen LogP contribution is 2.39. The second kappa shape index (κ2) is 5.94. The van der Waals surface area contributed by atoms with Gasteiger partial charge in [0.05, 0.1) is 11.3 Å². The predicted molar refractivity (Wildman–Crippen MR) is 99.6 cm³/mol. The molecule has 1 N–H and O–H groups in total. The van der Waals surface area contributed by atoms with E-state index in [1.807, 2.05) is 23.7 Å². The molecule has 1 aromatic carbocycles. The number of rotatable bonds is 4. The van der Waals surface area contributed by atoms with Crippen LogP contribution in [0.3, 0.4) is 0 Å². The molecule has 1 fully saturated rings. The van der Waals surface area contributed by atoms with E-state index < -0.39 is 0 Å². The molecule has 1 aliphatic rings. The number of halogens is 1. The van der Waals surface area contributed by atoms with Crippen LogP contribution in [0.25, 0.3) is 16.9 Å². The van der Waals surface area contributed by atoms with Gasteiger partial charge in [0.25, 0.3) is 5.91 Å². The predicted octanol–water partition coefficient (Wildman–Crippen LogP) is 4.37. The zero-order valence-corrected chi connectivity index (χ0v) is 15.2. The lowest BCUT2D eigenvalue weighted by Gasteiger charge is -2.26. The van der Waals surface area contributed by atoms with Crippen molar-refractivity contribution in [1.29, 1.82) is 0 Å². The molecule has 4 nitrogen and oxygen atoms in total. The lowest BCUT2D eigenvalue weighted by atomic mass is 9.98. The van der Waals surface area contributed by atoms with Gasteiger partial charge in [0, 0.05) is 23.5 Å². The lowest BCUT2D eigenvalue weighted by Crippen LogP contribution is -2.45. The highest BCUT2D eigenvalue weighted by atomic mass is 19.1. The molecular formula is C21H22FN3O. The topological polar surface area (TPSA) is 46.4 Å². The zero-order valence-electron chi connectivity index (χ0n) is 15.2. The Morgan fingerprint density at radius 1 is 1.23 bits per heavy atom. The van der Waals surface area contributed by atoms with Gasteiger partial charge in [-0.25, -0.2) is 9.37 Å². The number of hydrogen-bond donors (Lipinski definition) is 1. The number of carbonyl (C=O) groups excluding carboxylic acids is 1. The average Bonchev–Trinajstić information content (AvgIpc) is 3.37. The van der Waals surface area contributed by atoms with E-state index in [0.717, 1.165) is 29.7 Å². The van der Waals surface area contributed by atoms with Crippen molar-refractivity contribution >= 4 is 11.6 Å². The van der Waals surface area contributed by atoms with Crippen LogP contribution < -0.4 is 5.32 Å². The summed E-state index contributed by atoms with van der Waals surface area (Å²) in [6, 6.07) is 8.06. The Kier molecular flexibility index (Phi) is 3.83. The summed E-state index contributed by atoms with van der Waals surface area (Å²) < 4.78 is 15.1. The van der Waals surface area contributed by atoms with Crippen molar-refractivity contribution in [3.63, 3.8) is 0 Å². The van der Waals surface area contributed by atoms with Crippen LogP contribution >= 0.6 is 0 Å². The summed E-state index contributed by atoms with van der Waals surface area (Å²) in [5.41, 5.74) is 3.51. The molecule has 4 rings (SSSR count). The number of hydrogen-bond acceptors (Lipinski definition) is 2. The third-order valence-electron chi connectivity index (χ3n) is 5.21. The summed E-state index contributed by atoms with van der Waals surface area (Å²) in [5.74, 6) is 0.161. The van der Waals surface area contributed by atoms with E-state index >= 15 is 0 Å². The van der Waals surface area contributed by atoms with Crippen LogP contribution in [-0.2, 0) is 0 Å². The Morgan fingerprint density at radius 2 is 1.92 bits per heavy atom. The first-order chi connectivity index (χ1) is 12.3. The lowest BCUT2D eigenvalue weighted by molar-refractivity contribution is 0.0905. The summed E-state index contributed by atoms with van der Waals surface area (Å²) >= 11 is 0. The molecule has 5 heteroatoms. The molecule has 0 bridgehead atoms. The van der Waals surface area contributed by atoms with E-state index in [-0.39, 0.29) is 17.3 Å². The van der Waals surface area contributed by atoms with Gasteiger partial charge in [-0.15, -0.1) is 0 Å². The van der Waals surface area contributed by atoms with Gasteiger partial charge in [-0.05, 0) is 75.4 Å². The number of aromatic nitrogens is 2. The quantitative estimate of drug-likeness (QED) is 0.759. The third kappa shape index (κ3) is 2.98. The second-order valence-electron chi connectivity index (χ2n) is 7.69. The second-order valence-corrected chi connectivity index (χ2v) is 7.69. The first-order valence-corrected chi connectivity index (χ1v) is 8.92. The first kappa shape index (κ1) is 16.8. The van der Waals surface area contributed by atoms with Crippen LogP contribution in [0.2, 0.25) is 0 Å². The van der Waals surface area contributed by atoms with Gasteiger partial charge in [0.15, 0.2) is 0 Å². The number of nitrogens with zero attached hydrogens (tertiary/aromatic N) is 2. The fraction of sp³-hybridized carbons (Fsp3) is 0.333. The summed E-state index contributed by atoms with van der Waals surface area (Å²) in [6.07, 6.45) is 6.12. The van der Waals surface area contributed by atoms with E-state index in [1.54, 1.807) is 18.2 Å². The van der Waals surface area contributed by atoms with Gasteiger partial charge >= 0.3 is 0 Å². The van der Waals surface area contributed by atoms with Crippen LogP contribution in [0.1, 0.15) is 42.6 Å². The summed E-state index contributed by atoms with van der Waals surface area (Å²) in [4.78, 5) is 17.6. The van der Waals surface area contributed by atoms with Crippen molar-refractivity contribution in [2.24, 2.45) is 5.92 Å². The minimum atomic E-state index is -0.280. The monoisotopic (exact) mass is 351 g/mol. The smallest absolute Gasteiger partial charge is 0.255 e. The van der Waals surface area contributed by atoms with E-state index in [9.17, 15) is 9.18 Å². The number of benzene rings is 1. The van der Waals surface area contributed by atoms with Crippen LogP contribution in [0.15, 0.2) is 42.7 Å². The highest BCUT2D eigenvalue weighted by molar-refractivity contribution is 6.00. The van der Waals surface area contributed by atoms with Gasteiger partial charge in [-0.2, -0.15) is 0 Å². The molecule has 26 heavy (non-hydrogen) atoms. The Labute approximate surface area is 152 Å². The van der Waals surface area contributed by atoms with Crippen molar-refractivity contribution < 1.29 is 9.18 Å². The Balaban J connectivity index is 1.73. The molecule has 0 radical (unpaired) electrons. The maximum Gasteiger partial charge on any atom is 0.255 e. The van der Waals surface area contributed by atoms with Gasteiger partial charge in [-0.3, -0.25) is 4.79 Å². The Hall–Kier alpha value is -2.69. The van der Waals surface area contributed by atoms with Crippen molar-refractivity contribution in [3.05, 3.63) is 59.7 Å². The van der Waals surface area contributed by atoms with Crippen molar-refractivity contribution in [3.8, 4) is 11.3 Å². The largest absolute Gasteiger partial charge is 0.347 e. The van der Waals surface area contributed by atoms with E-state index in [1.165, 1.54) is 12.1 Å². The molecule has 0 aliphatic heterocycles. The molecule has 1 aliphatic carbocycles. The minimum Gasteiger partial charge on any atom is -0.347 e. The van der Waals surface area contributed by atoms with E-state index in [2.05, 4.69) is 19.2 Å². The summed E-state index contributed by atoms with van der Waals surface area (Å²) in [5, 5.41) is 3.15. The normalized spacial score (nSPS) is 14.6. The Morgan fingerprint density at radius 3 is 2.58 bits per heavy atom. The molecule has 134 valence electrons. The fourth-order valence-electron chi connectivity index (χ4n) is 3.47. The third-order valence-corrected chi connectivity index (χ3v) is 5.21. The molecule has 0 spiro atoms. The fourth-order valence-corrected chi connectivity index (χ4v) is 3.47. The number of nitrogens with one attached hydrogen (secondary N) is 1. The van der Waals surface area contributed by atoms with Gasteiger partial charge in [-0.1, -0.05) is 0 Å². The van der Waals surface area contributed by atoms with Gasteiger partial charge in [0.2, 0.25) is 0 Å². The molecule has 0 saturated heterocycles. The molecule has 0 unspecified atom stereocenters. The molecule has 2 heterocycles. The maximum atomic E-state index is 13.2. The standard InChI is InChI=1S/C21H22FN3O/c1-13-12-25-11-10-17(20(26)24-21(2,3)15-6-7-15)19(25)23-18(13)14-4-8-16(22)9-5-14/h4-5,8-12,15H,6-7H2,1-3H3,(H,24,26). The van der Waals surface area contributed by atoms with Crippen LogP contribution in [0, 0.1) is 18.7 Å². The van der Waals surface area contributed by atoms with Crippen LogP contribution in [-0.4, -0.2) is 20.8 Å². The molecule has 2 aromatic heterocycles. The maximum absolute atomic E-state index is 13.2. The summed E-state index contributed by atoms with van der Waals surface area (Å²) in [7, 11) is 0. The van der Waals surface area contributed by atoms with Gasteiger partial charge in [0.1, 0.15) is 11.5 Å². The molecule has 3 aromatic rings. The average molecular weight is 351 g/mol. The van der Waals surface area contributed by atoms with E-state index in [4.69, 9.17) is 4.98 Å². The molecule has 1 amide bonds. The molecule has 1 saturated carbocycles. The summed E-state index contributed by atoms with van der Waals surface area (Å²) in [6.45, 7) is 6.10. The van der Waals surface area contributed by atoms with Crippen molar-refractivity contribution in [2.75, 3.05) is 0 Å². The zero-order chi connectivity index (χ0) is 18.5. The highest BCUT2D eigenvalue weighted by Gasteiger charge is 2.39. The van der Waals surface area contributed by atoms with Crippen LogP contribution in [0.5, 0.6) is 0 Å². The number of fused-ring (bicyclic) bond motifs is 1. The minimum absolute atomic E-state index is 0.106. The van der Waals surface area contributed by atoms with Crippen LogP contribution in [0.4, 0.5) is 4.39 Å². The van der Waals surface area contributed by atoms with Crippen molar-refractivity contribution in [2.45, 2.75) is 39.2 Å². The molecule has 0 atom stereocenters. The molecular weight excluding hydrogens is 329 g/mol. The first-order valence-electron chi connectivity index (χ1n) is 8.92. The number of aryl methyl sites for hydroxylation is 1. The number of carbonyl (C=O) groups is 1. The van der Waals surface area contributed by atoms with Crippen molar-refractivity contribution in [1.82, 2.24) is 14.7 Å². The van der Waals surface area contributed by atoms with Gasteiger partial charge < -0.3 is 9.72 Å². The Bertz CT molecular complexity index is 984. The number of amides is 1.